The van der Waals surface area contributed by atoms with Crippen LogP contribution in [0.4, 0.5) is 0 Å². The zero-order valence-electron chi connectivity index (χ0n) is 11.3. The second-order valence-electron chi connectivity index (χ2n) is 6.63. The molecule has 2 N–H and O–H groups in total. The van der Waals surface area contributed by atoms with Crippen LogP contribution in [0.3, 0.4) is 0 Å². The zero-order chi connectivity index (χ0) is 12.5. The molecule has 1 aliphatic carbocycles. The van der Waals surface area contributed by atoms with Crippen LogP contribution in [0.1, 0.15) is 32.1 Å². The van der Waals surface area contributed by atoms with Crippen LogP contribution in [-0.2, 0) is 0 Å². The summed E-state index contributed by atoms with van der Waals surface area (Å²) >= 11 is 0. The standard InChI is InChI=1S/C14H25NOSi/c1-17(2,3)11-9-14(16)8-4-7-13-12(14)6-5-10-15-13/h12-13,15-16H,4-8,10H2,1-3H3. The van der Waals surface area contributed by atoms with Crippen LogP contribution in [0.5, 0.6) is 0 Å². The lowest BCUT2D eigenvalue weighted by molar-refractivity contribution is -0.0265. The van der Waals surface area contributed by atoms with Gasteiger partial charge in [0.15, 0.2) is 0 Å². The quantitative estimate of drug-likeness (QED) is 0.511. The third-order valence-electron chi connectivity index (χ3n) is 3.92. The van der Waals surface area contributed by atoms with Gasteiger partial charge in [-0.1, -0.05) is 25.6 Å². The third-order valence-corrected chi connectivity index (χ3v) is 4.80. The first-order chi connectivity index (χ1) is 7.91. The van der Waals surface area contributed by atoms with Crippen molar-refractivity contribution in [3.05, 3.63) is 0 Å². The molecule has 96 valence electrons. The first-order valence-corrected chi connectivity index (χ1v) is 10.4. The highest BCUT2D eigenvalue weighted by molar-refractivity contribution is 6.83. The fraction of sp³-hybridized carbons (Fsp3) is 0.857. The Balaban J connectivity index is 2.18. The van der Waals surface area contributed by atoms with E-state index >= 15 is 0 Å². The van der Waals surface area contributed by atoms with E-state index in [1.165, 1.54) is 12.8 Å². The Morgan fingerprint density at radius 3 is 2.71 bits per heavy atom. The van der Waals surface area contributed by atoms with Crippen molar-refractivity contribution in [2.75, 3.05) is 6.54 Å². The lowest BCUT2D eigenvalue weighted by atomic mass is 9.69. The van der Waals surface area contributed by atoms with Gasteiger partial charge in [-0.25, -0.2) is 0 Å². The summed E-state index contributed by atoms with van der Waals surface area (Å²) in [6, 6.07) is 0.499. The predicted octanol–water partition coefficient (Wildman–Crippen LogP) is 2.15. The molecule has 1 saturated carbocycles. The average molecular weight is 251 g/mol. The van der Waals surface area contributed by atoms with Crippen molar-refractivity contribution >= 4 is 8.07 Å². The van der Waals surface area contributed by atoms with E-state index in [2.05, 4.69) is 36.4 Å². The molecule has 17 heavy (non-hydrogen) atoms. The van der Waals surface area contributed by atoms with Gasteiger partial charge < -0.3 is 10.4 Å². The minimum Gasteiger partial charge on any atom is -0.377 e. The third kappa shape index (κ3) is 3.13. The molecule has 1 aliphatic heterocycles. The molecule has 0 radical (unpaired) electrons. The Hall–Kier alpha value is -0.303. The maximum atomic E-state index is 10.8. The predicted molar refractivity (Wildman–Crippen MR) is 74.4 cm³/mol. The number of aliphatic hydroxyl groups is 1. The van der Waals surface area contributed by atoms with Crippen LogP contribution in [0.25, 0.3) is 0 Å². The second-order valence-corrected chi connectivity index (χ2v) is 11.4. The Bertz CT molecular complexity index is 336. The van der Waals surface area contributed by atoms with Crippen LogP contribution in [-0.4, -0.2) is 31.4 Å². The van der Waals surface area contributed by atoms with Gasteiger partial charge in [-0.2, -0.15) is 0 Å². The van der Waals surface area contributed by atoms with E-state index in [1.54, 1.807) is 0 Å². The van der Waals surface area contributed by atoms with E-state index in [1.807, 2.05) is 0 Å². The molecule has 0 bridgehead atoms. The summed E-state index contributed by atoms with van der Waals surface area (Å²) in [5.41, 5.74) is 2.66. The van der Waals surface area contributed by atoms with E-state index < -0.39 is 13.7 Å². The van der Waals surface area contributed by atoms with Crippen LogP contribution in [0.2, 0.25) is 19.6 Å². The highest BCUT2D eigenvalue weighted by Gasteiger charge is 2.44. The molecule has 2 fully saturated rings. The molecule has 1 saturated heterocycles. The fourth-order valence-electron chi connectivity index (χ4n) is 3.06. The van der Waals surface area contributed by atoms with Crippen molar-refractivity contribution in [3.8, 4) is 11.5 Å². The van der Waals surface area contributed by atoms with Crippen molar-refractivity contribution in [3.63, 3.8) is 0 Å². The number of nitrogens with one attached hydrogen (secondary N) is 1. The fourth-order valence-corrected chi connectivity index (χ4v) is 3.65. The Labute approximate surface area is 106 Å². The van der Waals surface area contributed by atoms with Crippen molar-refractivity contribution in [2.45, 2.75) is 63.4 Å². The number of fused-ring (bicyclic) bond motifs is 1. The van der Waals surface area contributed by atoms with E-state index in [-0.39, 0.29) is 0 Å². The summed E-state index contributed by atoms with van der Waals surface area (Å²) in [4.78, 5) is 0. The van der Waals surface area contributed by atoms with Crippen LogP contribution in [0, 0.1) is 17.4 Å². The number of hydrogen-bond donors (Lipinski definition) is 2. The largest absolute Gasteiger partial charge is 0.377 e. The molecule has 2 aliphatic rings. The maximum Gasteiger partial charge on any atom is 0.129 e. The minimum atomic E-state index is -1.39. The zero-order valence-corrected chi connectivity index (χ0v) is 12.3. The van der Waals surface area contributed by atoms with Gasteiger partial charge in [0.05, 0.1) is 0 Å². The van der Waals surface area contributed by atoms with Gasteiger partial charge in [0.1, 0.15) is 13.7 Å². The number of hydrogen-bond acceptors (Lipinski definition) is 2. The summed E-state index contributed by atoms with van der Waals surface area (Å²) in [6.45, 7) is 7.83. The lowest BCUT2D eigenvalue weighted by Gasteiger charge is -2.45. The van der Waals surface area contributed by atoms with Crippen LogP contribution >= 0.6 is 0 Å². The maximum absolute atomic E-state index is 10.8. The molecule has 0 aromatic rings. The first kappa shape index (κ1) is 13.1. The Morgan fingerprint density at radius 1 is 1.24 bits per heavy atom. The van der Waals surface area contributed by atoms with Crippen LogP contribution < -0.4 is 5.32 Å². The highest BCUT2D eigenvalue weighted by atomic mass is 28.3. The Morgan fingerprint density at radius 2 is 2.00 bits per heavy atom. The molecule has 0 amide bonds. The molecule has 2 rings (SSSR count). The normalized spacial score (nSPS) is 37.9. The molecule has 2 nitrogen and oxygen atoms in total. The molecule has 0 aromatic carbocycles. The highest BCUT2D eigenvalue weighted by Crippen LogP contribution is 2.38. The summed E-state index contributed by atoms with van der Waals surface area (Å²) in [6.07, 6.45) is 5.49. The topological polar surface area (TPSA) is 32.3 Å². The van der Waals surface area contributed by atoms with Gasteiger partial charge >= 0.3 is 0 Å². The summed E-state index contributed by atoms with van der Waals surface area (Å²) in [5, 5.41) is 14.4. The van der Waals surface area contributed by atoms with Crippen molar-refractivity contribution < 1.29 is 5.11 Å². The van der Waals surface area contributed by atoms with E-state index in [9.17, 15) is 5.11 Å². The molecule has 3 heteroatoms. The molecule has 1 heterocycles. The average Bonchev–Trinajstić information content (AvgIpc) is 2.27. The molecular weight excluding hydrogens is 226 g/mol. The summed E-state index contributed by atoms with van der Waals surface area (Å²) in [5.74, 6) is 3.62. The van der Waals surface area contributed by atoms with E-state index in [0.717, 1.165) is 25.8 Å². The minimum absolute atomic E-state index is 0.355. The molecule has 0 aromatic heterocycles. The lowest BCUT2D eigenvalue weighted by Crippen LogP contribution is -2.55. The Kier molecular flexibility index (Phi) is 3.68. The first-order valence-electron chi connectivity index (χ1n) is 6.91. The number of piperidine rings is 1. The van der Waals surface area contributed by atoms with Gasteiger partial charge in [0.2, 0.25) is 0 Å². The van der Waals surface area contributed by atoms with Gasteiger partial charge in [-0.3, -0.25) is 0 Å². The molecule has 0 spiro atoms. The number of rotatable bonds is 0. The van der Waals surface area contributed by atoms with E-state index in [4.69, 9.17) is 0 Å². The van der Waals surface area contributed by atoms with Gasteiger partial charge in [-0.15, -0.1) is 5.54 Å². The summed E-state index contributed by atoms with van der Waals surface area (Å²) in [7, 11) is -1.39. The van der Waals surface area contributed by atoms with Crippen molar-refractivity contribution in [2.24, 2.45) is 5.92 Å². The summed E-state index contributed by atoms with van der Waals surface area (Å²) < 4.78 is 0. The van der Waals surface area contributed by atoms with E-state index in [0.29, 0.717) is 12.0 Å². The second kappa shape index (κ2) is 4.76. The molecule has 3 atom stereocenters. The smallest absolute Gasteiger partial charge is 0.129 e. The van der Waals surface area contributed by atoms with Crippen molar-refractivity contribution in [1.29, 1.82) is 0 Å². The van der Waals surface area contributed by atoms with Gasteiger partial charge in [0.25, 0.3) is 0 Å². The molecular formula is C14H25NOSi. The van der Waals surface area contributed by atoms with Gasteiger partial charge in [0, 0.05) is 12.0 Å². The van der Waals surface area contributed by atoms with Crippen LogP contribution in [0.15, 0.2) is 0 Å². The monoisotopic (exact) mass is 251 g/mol. The van der Waals surface area contributed by atoms with Gasteiger partial charge in [-0.05, 0) is 38.6 Å². The van der Waals surface area contributed by atoms with Crippen molar-refractivity contribution in [1.82, 2.24) is 5.32 Å². The molecule has 3 unspecified atom stereocenters. The SMILES string of the molecule is C[Si](C)(C)C#CC1(O)CCCC2NCCCC21.